The Morgan fingerprint density at radius 2 is 1.77 bits per heavy atom. The highest BCUT2D eigenvalue weighted by Crippen LogP contribution is 2.38. The van der Waals surface area contributed by atoms with Crippen molar-refractivity contribution >= 4 is 29.4 Å². The van der Waals surface area contributed by atoms with E-state index in [1.165, 1.54) is 0 Å². The summed E-state index contributed by atoms with van der Waals surface area (Å²) >= 11 is 6.13. The first kappa shape index (κ1) is 22.9. The van der Waals surface area contributed by atoms with Gasteiger partial charge in [-0.3, -0.25) is 10.1 Å². The van der Waals surface area contributed by atoms with E-state index in [1.54, 1.807) is 7.11 Å². The third kappa shape index (κ3) is 5.30. The van der Waals surface area contributed by atoms with E-state index >= 15 is 0 Å². The number of ether oxygens (including phenoxy) is 1. The molecular formula is C27H26ClN5O2. The van der Waals surface area contributed by atoms with Gasteiger partial charge in [0, 0.05) is 11.4 Å². The molecule has 178 valence electrons. The number of nitrogens with zero attached hydrogens (tertiary/aromatic N) is 3. The van der Waals surface area contributed by atoms with Crippen LogP contribution in [-0.4, -0.2) is 27.8 Å². The second-order valence-corrected chi connectivity index (χ2v) is 8.95. The third-order valence-electron chi connectivity index (χ3n) is 6.20. The monoisotopic (exact) mass is 487 g/mol. The zero-order valence-electron chi connectivity index (χ0n) is 19.3. The van der Waals surface area contributed by atoms with E-state index in [0.717, 1.165) is 28.9 Å². The van der Waals surface area contributed by atoms with E-state index in [4.69, 9.17) is 16.3 Å². The van der Waals surface area contributed by atoms with Crippen LogP contribution in [0, 0.1) is 0 Å². The third-order valence-corrected chi connectivity index (χ3v) is 6.45. The number of hydrogen-bond acceptors (Lipinski definition) is 5. The van der Waals surface area contributed by atoms with Gasteiger partial charge in [-0.15, -0.1) is 5.10 Å². The van der Waals surface area contributed by atoms with Crippen LogP contribution in [0.2, 0.25) is 5.02 Å². The topological polar surface area (TPSA) is 81.1 Å². The molecule has 2 N–H and O–H groups in total. The molecule has 0 bridgehead atoms. The van der Waals surface area contributed by atoms with Gasteiger partial charge in [0.25, 0.3) is 5.95 Å². The first-order chi connectivity index (χ1) is 17.1. The second kappa shape index (κ2) is 10.2. The number of methoxy groups -OCH3 is 1. The Morgan fingerprint density at radius 1 is 1.06 bits per heavy atom. The van der Waals surface area contributed by atoms with Crippen molar-refractivity contribution in [2.45, 2.75) is 31.3 Å². The fourth-order valence-electron chi connectivity index (χ4n) is 4.34. The highest BCUT2D eigenvalue weighted by Gasteiger charge is 2.31. The smallest absolute Gasteiger partial charge is 0.250 e. The summed E-state index contributed by atoms with van der Waals surface area (Å²) in [5.74, 6) is 1.59. The lowest BCUT2D eigenvalue weighted by molar-refractivity contribution is -0.116. The molecule has 0 radical (unpaired) electrons. The number of nitrogens with one attached hydrogen (secondary N) is 2. The second-order valence-electron chi connectivity index (χ2n) is 8.51. The highest BCUT2D eigenvalue weighted by atomic mass is 35.5. The molecule has 0 saturated heterocycles. The van der Waals surface area contributed by atoms with Crippen LogP contribution in [0.1, 0.15) is 41.6 Å². The Morgan fingerprint density at radius 3 is 2.49 bits per heavy atom. The Hall–Kier alpha value is -3.84. The van der Waals surface area contributed by atoms with Crippen molar-refractivity contribution in [3.63, 3.8) is 0 Å². The van der Waals surface area contributed by atoms with E-state index in [9.17, 15) is 4.79 Å². The van der Waals surface area contributed by atoms with Gasteiger partial charge >= 0.3 is 0 Å². The molecule has 2 atom stereocenters. The molecule has 1 aliphatic heterocycles. The van der Waals surface area contributed by atoms with Gasteiger partial charge in [0.05, 0.1) is 19.2 Å². The Bertz CT molecular complexity index is 1290. The molecule has 0 aliphatic carbocycles. The molecule has 0 unspecified atom stereocenters. The van der Waals surface area contributed by atoms with Gasteiger partial charge in [-0.25, -0.2) is 4.68 Å². The van der Waals surface area contributed by atoms with Gasteiger partial charge in [0.15, 0.2) is 0 Å². The minimum absolute atomic E-state index is 0.0138. The molecule has 0 fully saturated rings. The molecule has 8 heteroatoms. The van der Waals surface area contributed by atoms with Crippen molar-refractivity contribution in [2.24, 2.45) is 0 Å². The summed E-state index contributed by atoms with van der Waals surface area (Å²) in [5.41, 5.74) is 3.31. The summed E-state index contributed by atoms with van der Waals surface area (Å²) in [4.78, 5) is 17.2. The van der Waals surface area contributed by atoms with Crippen LogP contribution < -0.4 is 15.4 Å². The molecule has 35 heavy (non-hydrogen) atoms. The van der Waals surface area contributed by atoms with E-state index in [0.29, 0.717) is 29.8 Å². The standard InChI is InChI=1S/C27H26ClN5O2/c1-35-22-14-10-19(11-15-22)23-17-24(20-8-12-21(28)13-9-20)33-27(29-23)31-26(32-33)30-25(34)16-7-18-5-3-2-4-6-18/h2-6,8-15,23-24H,7,16-17H2,1H3,(H2,29,30,31,32,34)/t23-,24-/m0/s1. The number of fused-ring (bicyclic) bond motifs is 1. The van der Waals surface area contributed by atoms with Crippen LogP contribution in [0.3, 0.4) is 0 Å². The molecule has 5 rings (SSSR count). The maximum absolute atomic E-state index is 12.6. The summed E-state index contributed by atoms with van der Waals surface area (Å²) in [5, 5.41) is 11.7. The van der Waals surface area contributed by atoms with Crippen molar-refractivity contribution in [3.05, 3.63) is 101 Å². The predicted molar refractivity (Wildman–Crippen MR) is 137 cm³/mol. The van der Waals surface area contributed by atoms with E-state index in [2.05, 4.69) is 20.7 Å². The fraction of sp³-hybridized carbons (Fsp3) is 0.222. The van der Waals surface area contributed by atoms with Crippen molar-refractivity contribution in [1.29, 1.82) is 0 Å². The molecule has 1 aliphatic rings. The van der Waals surface area contributed by atoms with Crippen LogP contribution in [0.25, 0.3) is 0 Å². The quantitative estimate of drug-likeness (QED) is 0.351. The normalized spacial score (nSPS) is 16.7. The first-order valence-electron chi connectivity index (χ1n) is 11.6. The van der Waals surface area contributed by atoms with Crippen molar-refractivity contribution in [1.82, 2.24) is 14.8 Å². The maximum Gasteiger partial charge on any atom is 0.250 e. The zero-order valence-corrected chi connectivity index (χ0v) is 20.1. The molecule has 2 heterocycles. The molecule has 3 aromatic carbocycles. The molecular weight excluding hydrogens is 462 g/mol. The molecule has 4 aromatic rings. The molecule has 1 aromatic heterocycles. The highest BCUT2D eigenvalue weighted by molar-refractivity contribution is 6.30. The van der Waals surface area contributed by atoms with Gasteiger partial charge in [0.2, 0.25) is 11.9 Å². The Kier molecular flexibility index (Phi) is 6.68. The summed E-state index contributed by atoms with van der Waals surface area (Å²) < 4.78 is 7.15. The van der Waals surface area contributed by atoms with Gasteiger partial charge in [0.1, 0.15) is 5.75 Å². The lowest BCUT2D eigenvalue weighted by atomic mass is 9.93. The Balaban J connectivity index is 1.38. The fourth-order valence-corrected chi connectivity index (χ4v) is 4.46. The average Bonchev–Trinajstić information content (AvgIpc) is 3.30. The SMILES string of the molecule is COc1ccc([C@@H]2C[C@@H](c3ccc(Cl)cc3)n3nc(NC(=O)CCc4ccccc4)nc3N2)cc1. The summed E-state index contributed by atoms with van der Waals surface area (Å²) in [7, 11) is 1.66. The number of rotatable bonds is 7. The van der Waals surface area contributed by atoms with E-state index in [-0.39, 0.29) is 18.0 Å². The Labute approximate surface area is 209 Å². The molecule has 0 spiro atoms. The van der Waals surface area contributed by atoms with Crippen LogP contribution >= 0.6 is 11.6 Å². The number of aromatic nitrogens is 3. The minimum Gasteiger partial charge on any atom is -0.497 e. The van der Waals surface area contributed by atoms with Crippen molar-refractivity contribution in [2.75, 3.05) is 17.7 Å². The summed E-state index contributed by atoms with van der Waals surface area (Å²) in [6, 6.07) is 25.7. The number of amides is 1. The molecule has 0 saturated carbocycles. The summed E-state index contributed by atoms with van der Waals surface area (Å²) in [6.07, 6.45) is 1.77. The number of benzene rings is 3. The van der Waals surface area contributed by atoms with Gasteiger partial charge in [-0.05, 0) is 53.8 Å². The van der Waals surface area contributed by atoms with Crippen LogP contribution in [-0.2, 0) is 11.2 Å². The van der Waals surface area contributed by atoms with Crippen molar-refractivity contribution in [3.8, 4) is 5.75 Å². The molecule has 7 nitrogen and oxygen atoms in total. The predicted octanol–water partition coefficient (Wildman–Crippen LogP) is 5.66. The maximum atomic E-state index is 12.6. The van der Waals surface area contributed by atoms with Crippen LogP contribution in [0.15, 0.2) is 78.9 Å². The number of carbonyl (C=O) groups excluding carboxylic acids is 1. The number of anilines is 2. The molecule has 1 amide bonds. The average molecular weight is 488 g/mol. The van der Waals surface area contributed by atoms with Gasteiger partial charge < -0.3 is 10.1 Å². The number of carbonyl (C=O) groups is 1. The first-order valence-corrected chi connectivity index (χ1v) is 11.9. The number of halogens is 1. The minimum atomic E-state index is -0.119. The summed E-state index contributed by atoms with van der Waals surface area (Å²) in [6.45, 7) is 0. The number of hydrogen-bond donors (Lipinski definition) is 2. The van der Waals surface area contributed by atoms with Crippen LogP contribution in [0.5, 0.6) is 5.75 Å². The van der Waals surface area contributed by atoms with Gasteiger partial charge in [-0.1, -0.05) is 66.2 Å². The van der Waals surface area contributed by atoms with E-state index in [1.807, 2.05) is 83.5 Å². The largest absolute Gasteiger partial charge is 0.497 e. The lowest BCUT2D eigenvalue weighted by Crippen LogP contribution is -2.28. The van der Waals surface area contributed by atoms with E-state index < -0.39 is 0 Å². The van der Waals surface area contributed by atoms with Crippen LogP contribution in [0.4, 0.5) is 11.9 Å². The zero-order chi connectivity index (χ0) is 24.2. The van der Waals surface area contributed by atoms with Gasteiger partial charge in [-0.2, -0.15) is 4.98 Å². The van der Waals surface area contributed by atoms with Crippen molar-refractivity contribution < 1.29 is 9.53 Å². The lowest BCUT2D eigenvalue weighted by Gasteiger charge is -2.31. The number of aryl methyl sites for hydroxylation is 1.